The van der Waals surface area contributed by atoms with Crippen molar-refractivity contribution in [2.75, 3.05) is 7.11 Å². The van der Waals surface area contributed by atoms with E-state index in [1.165, 1.54) is 0 Å². The largest absolute Gasteiger partial charge is 0.573 e. The predicted octanol–water partition coefficient (Wildman–Crippen LogP) is 3.60. The van der Waals surface area contributed by atoms with Crippen LogP contribution in [-0.4, -0.2) is 24.4 Å². The van der Waals surface area contributed by atoms with Crippen molar-refractivity contribution in [2.24, 2.45) is 0 Å². The Balaban J connectivity index is 3.48. The normalized spacial score (nSPS) is 11.6. The lowest BCUT2D eigenvalue weighted by Gasteiger charge is -2.16. The Labute approximate surface area is 118 Å². The van der Waals surface area contributed by atoms with Crippen LogP contribution in [0, 0.1) is 0 Å². The number of methoxy groups -OCH3 is 1. The van der Waals surface area contributed by atoms with Crippen molar-refractivity contribution < 1.29 is 36.2 Å². The molecule has 0 atom stereocenters. The fourth-order valence-electron chi connectivity index (χ4n) is 1.28. The zero-order chi connectivity index (χ0) is 15.5. The van der Waals surface area contributed by atoms with Crippen molar-refractivity contribution >= 4 is 21.9 Å². The van der Waals surface area contributed by atoms with Crippen molar-refractivity contribution in [3.05, 3.63) is 23.0 Å². The van der Waals surface area contributed by atoms with E-state index in [0.717, 1.165) is 7.11 Å². The standard InChI is InChI=1S/C10H7BrF5NO3/c1-19-9(18)6-7(20-10(14,15)16)4(3-11)2-5(17-6)8(12)13/h2,8H,3H2,1H3. The van der Waals surface area contributed by atoms with Crippen molar-refractivity contribution in [2.45, 2.75) is 18.1 Å². The summed E-state index contributed by atoms with van der Waals surface area (Å²) in [5, 5.41) is -0.245. The van der Waals surface area contributed by atoms with Gasteiger partial charge in [0.2, 0.25) is 0 Å². The van der Waals surface area contributed by atoms with Gasteiger partial charge in [-0.25, -0.2) is 18.6 Å². The maximum absolute atomic E-state index is 12.6. The molecule has 4 nitrogen and oxygen atoms in total. The van der Waals surface area contributed by atoms with E-state index >= 15 is 0 Å². The molecular weight excluding hydrogens is 357 g/mol. The van der Waals surface area contributed by atoms with Crippen molar-refractivity contribution in [1.82, 2.24) is 4.98 Å². The molecule has 0 bridgehead atoms. The minimum absolute atomic E-state index is 0.245. The Kier molecular flexibility index (Phi) is 5.26. The van der Waals surface area contributed by atoms with Gasteiger partial charge in [-0.1, -0.05) is 15.9 Å². The van der Waals surface area contributed by atoms with Crippen LogP contribution in [0.3, 0.4) is 0 Å². The van der Waals surface area contributed by atoms with E-state index < -0.39 is 35.9 Å². The molecule has 0 N–H and O–H groups in total. The minimum Gasteiger partial charge on any atom is -0.464 e. The molecule has 1 rings (SSSR count). The van der Waals surface area contributed by atoms with Gasteiger partial charge in [-0.05, 0) is 6.07 Å². The van der Waals surface area contributed by atoms with Gasteiger partial charge in [0.05, 0.1) is 7.11 Å². The molecule has 0 aliphatic carbocycles. The molecule has 0 aromatic carbocycles. The summed E-state index contributed by atoms with van der Waals surface area (Å²) in [5.41, 5.74) is -2.11. The lowest BCUT2D eigenvalue weighted by Crippen LogP contribution is -2.21. The fourth-order valence-corrected chi connectivity index (χ4v) is 1.70. The lowest BCUT2D eigenvalue weighted by molar-refractivity contribution is -0.275. The second-order valence-electron chi connectivity index (χ2n) is 3.36. The van der Waals surface area contributed by atoms with Crippen LogP contribution in [0.5, 0.6) is 5.75 Å². The maximum atomic E-state index is 12.6. The van der Waals surface area contributed by atoms with Crippen molar-refractivity contribution in [3.8, 4) is 5.75 Å². The summed E-state index contributed by atoms with van der Waals surface area (Å²) >= 11 is 2.83. The number of nitrogens with zero attached hydrogens (tertiary/aromatic N) is 1. The zero-order valence-corrected chi connectivity index (χ0v) is 11.4. The molecule has 0 saturated carbocycles. The first-order valence-electron chi connectivity index (χ1n) is 4.91. The van der Waals surface area contributed by atoms with Gasteiger partial charge in [0, 0.05) is 10.9 Å². The number of rotatable bonds is 4. The number of aromatic nitrogens is 1. The molecule has 20 heavy (non-hydrogen) atoms. The topological polar surface area (TPSA) is 48.4 Å². The number of hydrogen-bond donors (Lipinski definition) is 0. The minimum atomic E-state index is -5.10. The molecule has 0 aliphatic heterocycles. The lowest BCUT2D eigenvalue weighted by atomic mass is 10.2. The first kappa shape index (κ1) is 16.6. The van der Waals surface area contributed by atoms with E-state index in [9.17, 15) is 26.7 Å². The molecule has 0 aliphatic rings. The Morgan fingerprint density at radius 2 is 2.05 bits per heavy atom. The van der Waals surface area contributed by atoms with Crippen LogP contribution in [0.2, 0.25) is 0 Å². The van der Waals surface area contributed by atoms with Gasteiger partial charge in [0.1, 0.15) is 5.69 Å². The molecule has 0 radical (unpaired) electrons. The second-order valence-corrected chi connectivity index (χ2v) is 3.92. The van der Waals surface area contributed by atoms with Gasteiger partial charge in [0.15, 0.2) is 11.4 Å². The number of carbonyl (C=O) groups is 1. The van der Waals surface area contributed by atoms with Crippen molar-refractivity contribution in [1.29, 1.82) is 0 Å². The van der Waals surface area contributed by atoms with E-state index in [2.05, 4.69) is 30.4 Å². The van der Waals surface area contributed by atoms with Crippen LogP contribution in [0.15, 0.2) is 6.07 Å². The highest BCUT2D eigenvalue weighted by Gasteiger charge is 2.35. The van der Waals surface area contributed by atoms with Gasteiger partial charge in [-0.15, -0.1) is 13.2 Å². The van der Waals surface area contributed by atoms with Crippen LogP contribution >= 0.6 is 15.9 Å². The highest BCUT2D eigenvalue weighted by molar-refractivity contribution is 9.08. The molecular formula is C10H7BrF5NO3. The predicted molar refractivity (Wildman–Crippen MR) is 59.8 cm³/mol. The third-order valence-corrected chi connectivity index (χ3v) is 2.64. The molecule has 112 valence electrons. The van der Waals surface area contributed by atoms with Crippen LogP contribution in [0.4, 0.5) is 22.0 Å². The third-order valence-electron chi connectivity index (χ3n) is 2.03. The highest BCUT2D eigenvalue weighted by Crippen LogP contribution is 2.33. The van der Waals surface area contributed by atoms with Crippen LogP contribution in [-0.2, 0) is 10.1 Å². The highest BCUT2D eigenvalue weighted by atomic mass is 79.9. The Morgan fingerprint density at radius 3 is 2.45 bits per heavy atom. The molecule has 0 fully saturated rings. The molecule has 0 unspecified atom stereocenters. The number of ether oxygens (including phenoxy) is 2. The van der Waals surface area contributed by atoms with Gasteiger partial charge in [0.25, 0.3) is 6.43 Å². The molecule has 1 heterocycles. The van der Waals surface area contributed by atoms with Crippen LogP contribution < -0.4 is 4.74 Å². The monoisotopic (exact) mass is 363 g/mol. The number of carbonyl (C=O) groups excluding carboxylic acids is 1. The SMILES string of the molecule is COC(=O)c1nc(C(F)F)cc(CBr)c1OC(F)(F)F. The molecule has 0 amide bonds. The van der Waals surface area contributed by atoms with Gasteiger partial charge in [-0.3, -0.25) is 0 Å². The van der Waals surface area contributed by atoms with E-state index in [1.54, 1.807) is 0 Å². The summed E-state index contributed by atoms with van der Waals surface area (Å²) in [7, 11) is 0.879. The number of esters is 1. The molecule has 0 saturated heterocycles. The Bertz CT molecular complexity index is 506. The number of alkyl halides is 6. The Hall–Kier alpha value is -1.45. The number of halogens is 6. The number of hydrogen-bond acceptors (Lipinski definition) is 4. The van der Waals surface area contributed by atoms with Gasteiger partial charge < -0.3 is 9.47 Å². The summed E-state index contributed by atoms with van der Waals surface area (Å²) in [6.07, 6.45) is -8.16. The smallest absolute Gasteiger partial charge is 0.464 e. The second kappa shape index (κ2) is 6.33. The van der Waals surface area contributed by atoms with Crippen LogP contribution in [0.25, 0.3) is 0 Å². The maximum Gasteiger partial charge on any atom is 0.573 e. The fraction of sp³-hybridized carbons (Fsp3) is 0.400. The van der Waals surface area contributed by atoms with E-state index in [0.29, 0.717) is 6.07 Å². The first-order chi connectivity index (χ1) is 9.19. The summed E-state index contributed by atoms with van der Waals surface area (Å²) in [5.74, 6) is -2.28. The summed E-state index contributed by atoms with van der Waals surface area (Å²) in [4.78, 5) is 14.5. The molecule has 1 aromatic rings. The van der Waals surface area contributed by atoms with E-state index in [1.807, 2.05) is 0 Å². The third kappa shape index (κ3) is 4.02. The van der Waals surface area contributed by atoms with E-state index in [-0.39, 0.29) is 10.9 Å². The average molecular weight is 364 g/mol. The molecule has 0 spiro atoms. The van der Waals surface area contributed by atoms with E-state index in [4.69, 9.17) is 0 Å². The summed E-state index contributed by atoms with van der Waals surface area (Å²) < 4.78 is 70.0. The summed E-state index contributed by atoms with van der Waals surface area (Å²) in [6.45, 7) is 0. The van der Waals surface area contributed by atoms with Gasteiger partial charge in [-0.2, -0.15) is 0 Å². The zero-order valence-electron chi connectivity index (χ0n) is 9.80. The first-order valence-corrected chi connectivity index (χ1v) is 6.03. The van der Waals surface area contributed by atoms with Crippen LogP contribution in [0.1, 0.15) is 28.2 Å². The molecule has 10 heteroatoms. The quantitative estimate of drug-likeness (QED) is 0.466. The Morgan fingerprint density at radius 1 is 1.45 bits per heavy atom. The average Bonchev–Trinajstić information content (AvgIpc) is 2.35. The summed E-state index contributed by atoms with van der Waals surface area (Å²) in [6, 6.07) is 0.715. The number of pyridine rings is 1. The van der Waals surface area contributed by atoms with Crippen molar-refractivity contribution in [3.63, 3.8) is 0 Å². The van der Waals surface area contributed by atoms with Gasteiger partial charge >= 0.3 is 12.3 Å². The molecule has 1 aromatic heterocycles.